The fourth-order valence-electron chi connectivity index (χ4n) is 5.95. The SMILES string of the molecule is Cc1cc(Nc2cc(OCCN3C[C@@H]4CC3CN4Cc3c(F)cccc3F)cc(C(F)(F)F)c2)c2ccccc2n1. The summed E-state index contributed by atoms with van der Waals surface area (Å²) in [6, 6.07) is 17.2. The molecule has 1 aromatic heterocycles. The molecule has 1 unspecified atom stereocenters. The Morgan fingerprint density at radius 1 is 0.927 bits per heavy atom. The van der Waals surface area contributed by atoms with Crippen LogP contribution in [0.3, 0.4) is 0 Å². The summed E-state index contributed by atoms with van der Waals surface area (Å²) in [5, 5.41) is 3.94. The number of fused-ring (bicyclic) bond motifs is 3. The van der Waals surface area contributed by atoms with Gasteiger partial charge in [-0.15, -0.1) is 0 Å². The van der Waals surface area contributed by atoms with Gasteiger partial charge in [-0.05, 0) is 49.7 Å². The average molecular weight is 569 g/mol. The highest BCUT2D eigenvalue weighted by Gasteiger charge is 2.43. The highest BCUT2D eigenvalue weighted by molar-refractivity contribution is 5.93. The van der Waals surface area contributed by atoms with Crippen LogP contribution >= 0.6 is 0 Å². The zero-order valence-corrected chi connectivity index (χ0v) is 22.4. The number of piperazine rings is 1. The third-order valence-corrected chi connectivity index (χ3v) is 7.89. The molecule has 0 spiro atoms. The van der Waals surface area contributed by atoms with Crippen LogP contribution in [0.25, 0.3) is 10.9 Å². The number of hydrogen-bond donors (Lipinski definition) is 1. The minimum atomic E-state index is -4.54. The van der Waals surface area contributed by atoms with Gasteiger partial charge < -0.3 is 10.1 Å². The van der Waals surface area contributed by atoms with Gasteiger partial charge in [0.25, 0.3) is 0 Å². The summed E-state index contributed by atoms with van der Waals surface area (Å²) in [4.78, 5) is 8.82. The fourth-order valence-corrected chi connectivity index (χ4v) is 5.95. The van der Waals surface area contributed by atoms with Gasteiger partial charge in [-0.3, -0.25) is 14.8 Å². The van der Waals surface area contributed by atoms with Gasteiger partial charge >= 0.3 is 6.18 Å². The monoisotopic (exact) mass is 568 g/mol. The number of halogens is 5. The van der Waals surface area contributed by atoms with Crippen molar-refractivity contribution in [2.24, 2.45) is 0 Å². The van der Waals surface area contributed by atoms with E-state index in [1.807, 2.05) is 31.2 Å². The molecule has 2 aliphatic rings. The summed E-state index contributed by atoms with van der Waals surface area (Å²) >= 11 is 0. The molecule has 5 nitrogen and oxygen atoms in total. The first-order valence-corrected chi connectivity index (χ1v) is 13.5. The Hall–Kier alpha value is -3.76. The molecule has 2 fully saturated rings. The summed E-state index contributed by atoms with van der Waals surface area (Å²) in [7, 11) is 0. The summed E-state index contributed by atoms with van der Waals surface area (Å²) in [5.74, 6) is -0.959. The summed E-state index contributed by atoms with van der Waals surface area (Å²) in [5.41, 5.74) is 1.69. The molecule has 3 heterocycles. The number of pyridine rings is 1. The standard InChI is InChI=1S/C31H29F5N4O/c1-19-11-30(25-5-2-3-8-29(25)37-19)38-21-12-20(31(34,35)36)13-24(14-21)41-10-9-39-16-23-15-22(39)17-40(23)18-26-27(32)6-4-7-28(26)33/h2-8,11-14,22-23H,9-10,15-18H2,1H3,(H,37,38)/t22?,23-/m0/s1. The Balaban J connectivity index is 1.11. The number of alkyl halides is 3. The molecule has 41 heavy (non-hydrogen) atoms. The van der Waals surface area contributed by atoms with Gasteiger partial charge in [0.15, 0.2) is 0 Å². The molecule has 4 aromatic rings. The Morgan fingerprint density at radius 2 is 1.66 bits per heavy atom. The van der Waals surface area contributed by atoms with Gasteiger partial charge in [-0.25, -0.2) is 8.78 Å². The van der Waals surface area contributed by atoms with E-state index in [2.05, 4.69) is 20.1 Å². The average Bonchev–Trinajstić information content (AvgIpc) is 3.50. The number of nitrogens with one attached hydrogen (secondary N) is 1. The Labute approximate surface area is 234 Å². The minimum Gasteiger partial charge on any atom is -0.492 e. The molecule has 0 aliphatic carbocycles. The zero-order chi connectivity index (χ0) is 28.7. The third-order valence-electron chi connectivity index (χ3n) is 7.89. The lowest BCUT2D eigenvalue weighted by Gasteiger charge is -2.34. The second-order valence-electron chi connectivity index (χ2n) is 10.7. The molecule has 6 rings (SSSR count). The van der Waals surface area contributed by atoms with Crippen molar-refractivity contribution in [3.05, 3.63) is 95.2 Å². The highest BCUT2D eigenvalue weighted by atomic mass is 19.4. The van der Waals surface area contributed by atoms with E-state index >= 15 is 0 Å². The van der Waals surface area contributed by atoms with E-state index in [9.17, 15) is 22.0 Å². The first kappa shape index (κ1) is 27.4. The molecule has 0 amide bonds. The number of anilines is 2. The van der Waals surface area contributed by atoms with Crippen molar-refractivity contribution >= 4 is 22.3 Å². The molecule has 214 valence electrons. The van der Waals surface area contributed by atoms with Crippen molar-refractivity contribution in [3.63, 3.8) is 0 Å². The summed E-state index contributed by atoms with van der Waals surface area (Å²) in [6.07, 6.45) is -3.66. The number of hydrogen-bond acceptors (Lipinski definition) is 5. The van der Waals surface area contributed by atoms with Gasteiger partial charge in [0.05, 0.1) is 11.1 Å². The lowest BCUT2D eigenvalue weighted by atomic mass is 10.1. The molecule has 1 N–H and O–H groups in total. The molecule has 2 bridgehead atoms. The van der Waals surface area contributed by atoms with Crippen LogP contribution in [0, 0.1) is 18.6 Å². The lowest BCUT2D eigenvalue weighted by Crippen LogP contribution is -2.47. The molecule has 0 saturated carbocycles. The van der Waals surface area contributed by atoms with Crippen LogP contribution in [0.2, 0.25) is 0 Å². The maximum Gasteiger partial charge on any atom is 0.416 e. The number of para-hydroxylation sites is 1. The van der Waals surface area contributed by atoms with Crippen LogP contribution < -0.4 is 10.1 Å². The summed E-state index contributed by atoms with van der Waals surface area (Å²) in [6.45, 7) is 4.19. The molecule has 2 aliphatic heterocycles. The number of aryl methyl sites for hydroxylation is 1. The largest absolute Gasteiger partial charge is 0.492 e. The van der Waals surface area contributed by atoms with Gasteiger partial charge in [0.1, 0.15) is 24.0 Å². The van der Waals surface area contributed by atoms with Crippen molar-refractivity contribution in [1.29, 1.82) is 0 Å². The van der Waals surface area contributed by atoms with Crippen molar-refractivity contribution in [3.8, 4) is 5.75 Å². The molecular formula is C31H29F5N4O. The number of likely N-dealkylation sites (tertiary alicyclic amines) is 2. The highest BCUT2D eigenvalue weighted by Crippen LogP contribution is 2.37. The van der Waals surface area contributed by atoms with E-state index in [1.165, 1.54) is 18.2 Å². The first-order valence-electron chi connectivity index (χ1n) is 13.5. The van der Waals surface area contributed by atoms with Crippen LogP contribution in [-0.4, -0.2) is 53.1 Å². The zero-order valence-electron chi connectivity index (χ0n) is 22.4. The van der Waals surface area contributed by atoms with E-state index in [1.54, 1.807) is 12.1 Å². The molecule has 2 saturated heterocycles. The predicted octanol–water partition coefficient (Wildman–Crippen LogP) is 6.92. The van der Waals surface area contributed by atoms with Gasteiger partial charge in [0.2, 0.25) is 0 Å². The molecule has 2 atom stereocenters. The Morgan fingerprint density at radius 3 is 2.39 bits per heavy atom. The third kappa shape index (κ3) is 5.85. The molecular weight excluding hydrogens is 539 g/mol. The van der Waals surface area contributed by atoms with E-state index in [4.69, 9.17) is 4.74 Å². The second kappa shape index (κ2) is 10.9. The quantitative estimate of drug-likeness (QED) is 0.234. The smallest absolute Gasteiger partial charge is 0.416 e. The van der Waals surface area contributed by atoms with Crippen LogP contribution in [0.15, 0.2) is 66.7 Å². The van der Waals surface area contributed by atoms with Crippen LogP contribution in [-0.2, 0) is 12.7 Å². The summed E-state index contributed by atoms with van der Waals surface area (Å²) < 4.78 is 75.4. The number of rotatable bonds is 8. The van der Waals surface area contributed by atoms with E-state index < -0.39 is 23.4 Å². The van der Waals surface area contributed by atoms with Gasteiger partial charge in [0, 0.05) is 72.3 Å². The van der Waals surface area contributed by atoms with E-state index in [-0.39, 0.29) is 42.2 Å². The molecule has 3 aromatic carbocycles. The minimum absolute atomic E-state index is 0.0822. The van der Waals surface area contributed by atoms with Crippen molar-refractivity contribution < 1.29 is 26.7 Å². The number of benzene rings is 3. The maximum atomic E-state index is 14.1. The normalized spacial score (nSPS) is 19.3. The van der Waals surface area contributed by atoms with Crippen LogP contribution in [0.1, 0.15) is 23.2 Å². The topological polar surface area (TPSA) is 40.6 Å². The van der Waals surface area contributed by atoms with E-state index in [0.717, 1.165) is 35.2 Å². The Bertz CT molecular complexity index is 1560. The molecule has 0 radical (unpaired) electrons. The Kier molecular flexibility index (Phi) is 7.29. The van der Waals surface area contributed by atoms with Crippen LogP contribution in [0.5, 0.6) is 5.75 Å². The van der Waals surface area contributed by atoms with E-state index in [0.29, 0.717) is 25.3 Å². The maximum absolute atomic E-state index is 14.1. The van der Waals surface area contributed by atoms with Crippen molar-refractivity contribution in [1.82, 2.24) is 14.8 Å². The van der Waals surface area contributed by atoms with Crippen LogP contribution in [0.4, 0.5) is 33.3 Å². The second-order valence-corrected chi connectivity index (χ2v) is 10.7. The first-order chi connectivity index (χ1) is 19.6. The van der Waals surface area contributed by atoms with Gasteiger partial charge in [-0.2, -0.15) is 13.2 Å². The number of aromatic nitrogens is 1. The van der Waals surface area contributed by atoms with Crippen molar-refractivity contribution in [2.45, 2.75) is 38.1 Å². The lowest BCUT2D eigenvalue weighted by molar-refractivity contribution is -0.137. The fraction of sp³-hybridized carbons (Fsp3) is 0.323. The molecule has 10 heteroatoms. The predicted molar refractivity (Wildman–Crippen MR) is 147 cm³/mol. The number of nitrogens with zero attached hydrogens (tertiary/aromatic N) is 3. The van der Waals surface area contributed by atoms with Gasteiger partial charge in [-0.1, -0.05) is 24.3 Å². The number of ether oxygens (including phenoxy) is 1. The van der Waals surface area contributed by atoms with Crippen molar-refractivity contribution in [2.75, 3.05) is 31.6 Å².